The van der Waals surface area contributed by atoms with E-state index >= 15 is 0 Å². The van der Waals surface area contributed by atoms with Crippen LogP contribution < -0.4 is 0 Å². The Morgan fingerprint density at radius 1 is 1.31 bits per heavy atom. The normalized spacial score (nSPS) is 11.5. The fourth-order valence-corrected chi connectivity index (χ4v) is 1.17. The second-order valence-electron chi connectivity index (χ2n) is 2.96. The molecule has 0 amide bonds. The first-order valence-corrected chi connectivity index (χ1v) is 4.83. The van der Waals surface area contributed by atoms with Crippen molar-refractivity contribution in [1.29, 1.82) is 0 Å². The van der Waals surface area contributed by atoms with Crippen molar-refractivity contribution in [1.82, 2.24) is 0 Å². The lowest BCUT2D eigenvalue weighted by molar-refractivity contribution is -0.112. The minimum Gasteiger partial charge on any atom is -0.294 e. The van der Waals surface area contributed by atoms with E-state index in [1.807, 2.05) is 37.3 Å². The van der Waals surface area contributed by atoms with Gasteiger partial charge in [0.15, 0.2) is 5.78 Å². The third-order valence-corrected chi connectivity index (χ3v) is 2.49. The molecule has 68 valence electrons. The number of benzene rings is 1. The number of allylic oxidation sites excluding steroid dienone is 1. The molecule has 0 heterocycles. The molecule has 13 heavy (non-hydrogen) atoms. The molecule has 0 saturated carbocycles. The molecule has 0 radical (unpaired) electrons. The summed E-state index contributed by atoms with van der Waals surface area (Å²) < 4.78 is 0.608. The van der Waals surface area contributed by atoms with Gasteiger partial charge >= 0.3 is 0 Å². The summed E-state index contributed by atoms with van der Waals surface area (Å²) in [6.45, 7) is 3.57. The van der Waals surface area contributed by atoms with Gasteiger partial charge in [-0.2, -0.15) is 0 Å². The lowest BCUT2D eigenvalue weighted by atomic mass is 10.1. The molecule has 0 bridgehead atoms. The second kappa shape index (κ2) is 4.38. The smallest absolute Gasteiger partial charge is 0.166 e. The minimum absolute atomic E-state index is 0.0422. The Hall–Kier alpha value is -0.890. The van der Waals surface area contributed by atoms with E-state index in [9.17, 15) is 4.79 Å². The van der Waals surface area contributed by atoms with Crippen molar-refractivity contribution in [3.05, 3.63) is 39.9 Å². The summed E-state index contributed by atoms with van der Waals surface area (Å²) in [5.74, 6) is 0.0422. The minimum atomic E-state index is 0.0422. The van der Waals surface area contributed by atoms with Crippen LogP contribution >= 0.6 is 15.9 Å². The largest absolute Gasteiger partial charge is 0.294 e. The van der Waals surface area contributed by atoms with Crippen LogP contribution in [0.15, 0.2) is 28.7 Å². The Balaban J connectivity index is 2.92. The Labute approximate surface area is 86.6 Å². The molecule has 0 fully saturated rings. The number of Topliss-reactive ketones (excluding diaryl/α,β-unsaturated/α-hetero) is 1. The molecule has 0 aliphatic rings. The summed E-state index contributed by atoms with van der Waals surface area (Å²) >= 11 is 3.21. The molecule has 0 saturated heterocycles. The predicted molar refractivity (Wildman–Crippen MR) is 58.8 cm³/mol. The van der Waals surface area contributed by atoms with E-state index in [4.69, 9.17) is 0 Å². The molecular formula is C11H11BrO. The number of hydrogen-bond donors (Lipinski definition) is 0. The molecule has 1 rings (SSSR count). The van der Waals surface area contributed by atoms with Gasteiger partial charge in [0.05, 0.1) is 4.48 Å². The topological polar surface area (TPSA) is 17.1 Å². The van der Waals surface area contributed by atoms with Crippen LogP contribution in [0.1, 0.15) is 18.1 Å². The SMILES string of the molecule is CC(=O)/C(Br)=C\c1ccc(C)cc1. The van der Waals surface area contributed by atoms with Gasteiger partial charge in [0, 0.05) is 0 Å². The van der Waals surface area contributed by atoms with Crippen molar-refractivity contribution in [2.24, 2.45) is 0 Å². The number of ketones is 1. The number of carbonyl (C=O) groups is 1. The fraction of sp³-hybridized carbons (Fsp3) is 0.182. The van der Waals surface area contributed by atoms with Gasteiger partial charge in [0.2, 0.25) is 0 Å². The summed E-state index contributed by atoms with van der Waals surface area (Å²) in [6.07, 6.45) is 1.82. The Morgan fingerprint density at radius 2 is 1.85 bits per heavy atom. The number of aryl methyl sites for hydroxylation is 1. The monoisotopic (exact) mass is 238 g/mol. The Kier molecular flexibility index (Phi) is 3.43. The van der Waals surface area contributed by atoms with Crippen molar-refractivity contribution >= 4 is 27.8 Å². The Bertz CT molecular complexity index is 336. The zero-order valence-electron chi connectivity index (χ0n) is 7.67. The zero-order valence-corrected chi connectivity index (χ0v) is 9.26. The van der Waals surface area contributed by atoms with Crippen molar-refractivity contribution in [3.63, 3.8) is 0 Å². The predicted octanol–water partition coefficient (Wildman–Crippen LogP) is 3.32. The van der Waals surface area contributed by atoms with Gasteiger partial charge in [0.25, 0.3) is 0 Å². The fourth-order valence-electron chi connectivity index (χ4n) is 0.911. The first kappa shape index (κ1) is 10.2. The van der Waals surface area contributed by atoms with Gasteiger partial charge < -0.3 is 0 Å². The summed E-state index contributed by atoms with van der Waals surface area (Å²) in [6, 6.07) is 8.01. The molecule has 0 N–H and O–H groups in total. The molecular weight excluding hydrogens is 228 g/mol. The van der Waals surface area contributed by atoms with E-state index < -0.39 is 0 Å². The van der Waals surface area contributed by atoms with Crippen molar-refractivity contribution in [2.75, 3.05) is 0 Å². The number of carbonyl (C=O) groups excluding carboxylic acids is 1. The zero-order chi connectivity index (χ0) is 9.84. The van der Waals surface area contributed by atoms with E-state index in [0.717, 1.165) is 5.56 Å². The highest BCUT2D eigenvalue weighted by atomic mass is 79.9. The highest BCUT2D eigenvalue weighted by molar-refractivity contribution is 9.12. The van der Waals surface area contributed by atoms with E-state index in [0.29, 0.717) is 4.48 Å². The highest BCUT2D eigenvalue weighted by Crippen LogP contribution is 2.13. The molecule has 0 unspecified atom stereocenters. The van der Waals surface area contributed by atoms with Crippen LogP contribution in [0.3, 0.4) is 0 Å². The third-order valence-electron chi connectivity index (χ3n) is 1.71. The molecule has 1 nitrogen and oxygen atoms in total. The highest BCUT2D eigenvalue weighted by Gasteiger charge is 1.97. The summed E-state index contributed by atoms with van der Waals surface area (Å²) in [5, 5.41) is 0. The van der Waals surface area contributed by atoms with E-state index in [1.54, 1.807) is 0 Å². The lowest BCUT2D eigenvalue weighted by Gasteiger charge is -1.96. The summed E-state index contributed by atoms with van der Waals surface area (Å²) in [7, 11) is 0. The molecule has 0 spiro atoms. The first-order chi connectivity index (χ1) is 6.09. The van der Waals surface area contributed by atoms with E-state index in [1.165, 1.54) is 12.5 Å². The van der Waals surface area contributed by atoms with Gasteiger partial charge in [-0.05, 0) is 41.4 Å². The van der Waals surface area contributed by atoms with Crippen LogP contribution in [0, 0.1) is 6.92 Å². The van der Waals surface area contributed by atoms with Crippen molar-refractivity contribution in [2.45, 2.75) is 13.8 Å². The molecule has 0 aliphatic heterocycles. The van der Waals surface area contributed by atoms with Gasteiger partial charge in [-0.1, -0.05) is 29.8 Å². The van der Waals surface area contributed by atoms with Gasteiger partial charge in [-0.15, -0.1) is 0 Å². The number of hydrogen-bond acceptors (Lipinski definition) is 1. The molecule has 0 aromatic heterocycles. The standard InChI is InChI=1S/C11H11BrO/c1-8-3-5-10(6-4-8)7-11(12)9(2)13/h3-7H,1-2H3/b11-7+. The lowest BCUT2D eigenvalue weighted by Crippen LogP contribution is -1.87. The average Bonchev–Trinajstić information content (AvgIpc) is 2.08. The summed E-state index contributed by atoms with van der Waals surface area (Å²) in [5.41, 5.74) is 2.25. The maximum Gasteiger partial charge on any atom is 0.166 e. The van der Waals surface area contributed by atoms with E-state index in [-0.39, 0.29) is 5.78 Å². The first-order valence-electron chi connectivity index (χ1n) is 4.04. The van der Waals surface area contributed by atoms with Crippen molar-refractivity contribution < 1.29 is 4.79 Å². The summed E-state index contributed by atoms with van der Waals surface area (Å²) in [4.78, 5) is 10.9. The van der Waals surface area contributed by atoms with Gasteiger partial charge in [0.1, 0.15) is 0 Å². The van der Waals surface area contributed by atoms with Crippen LogP contribution in [0.4, 0.5) is 0 Å². The van der Waals surface area contributed by atoms with Crippen LogP contribution in [0.25, 0.3) is 6.08 Å². The maximum atomic E-state index is 10.9. The molecule has 2 heteroatoms. The van der Waals surface area contributed by atoms with Gasteiger partial charge in [-0.3, -0.25) is 4.79 Å². The van der Waals surface area contributed by atoms with Crippen molar-refractivity contribution in [3.8, 4) is 0 Å². The third kappa shape index (κ3) is 3.15. The molecule has 0 aliphatic carbocycles. The van der Waals surface area contributed by atoms with Gasteiger partial charge in [-0.25, -0.2) is 0 Å². The molecule has 1 aromatic rings. The maximum absolute atomic E-state index is 10.9. The second-order valence-corrected chi connectivity index (χ2v) is 3.81. The van der Waals surface area contributed by atoms with E-state index in [2.05, 4.69) is 15.9 Å². The van der Waals surface area contributed by atoms with Crippen LogP contribution in [-0.4, -0.2) is 5.78 Å². The average molecular weight is 239 g/mol. The quantitative estimate of drug-likeness (QED) is 0.723. The number of rotatable bonds is 2. The number of halogens is 1. The van der Waals surface area contributed by atoms with Crippen LogP contribution in [0.2, 0.25) is 0 Å². The van der Waals surface area contributed by atoms with Crippen LogP contribution in [-0.2, 0) is 4.79 Å². The molecule has 1 aromatic carbocycles. The molecule has 0 atom stereocenters. The Morgan fingerprint density at radius 3 is 2.31 bits per heavy atom. The van der Waals surface area contributed by atoms with Crippen LogP contribution in [0.5, 0.6) is 0 Å².